The van der Waals surface area contributed by atoms with Crippen molar-refractivity contribution in [3.8, 4) is 5.75 Å². The van der Waals surface area contributed by atoms with Crippen LogP contribution < -0.4 is 25.2 Å². The SMILES string of the molecule is COc1ccc(C(=O)N[C@@H]2CCCN(c3cncc(Nc4ccc(N5CCC(N(C)CC=O)CC5)cc4)n3)C2)cc1. The summed E-state index contributed by atoms with van der Waals surface area (Å²) < 4.78 is 5.19. The molecule has 3 aromatic rings. The third-order valence-corrected chi connectivity index (χ3v) is 8.01. The van der Waals surface area contributed by atoms with Crippen molar-refractivity contribution in [2.24, 2.45) is 0 Å². The van der Waals surface area contributed by atoms with E-state index in [1.807, 2.05) is 7.05 Å². The van der Waals surface area contributed by atoms with Gasteiger partial charge in [0.25, 0.3) is 5.91 Å². The highest BCUT2D eigenvalue weighted by molar-refractivity contribution is 5.94. The first-order valence-electron chi connectivity index (χ1n) is 14.3. The zero-order valence-corrected chi connectivity index (χ0v) is 23.8. The molecule has 5 rings (SSSR count). The van der Waals surface area contributed by atoms with Crippen LogP contribution in [0.15, 0.2) is 60.9 Å². The molecule has 2 saturated heterocycles. The zero-order valence-electron chi connectivity index (χ0n) is 23.8. The second kappa shape index (κ2) is 13.5. The van der Waals surface area contributed by atoms with Crippen molar-refractivity contribution < 1.29 is 14.3 Å². The first-order valence-corrected chi connectivity index (χ1v) is 14.3. The number of aromatic nitrogens is 2. The summed E-state index contributed by atoms with van der Waals surface area (Å²) in [5, 5.41) is 6.55. The molecule has 0 aliphatic carbocycles. The van der Waals surface area contributed by atoms with Crippen LogP contribution in [-0.2, 0) is 4.79 Å². The highest BCUT2D eigenvalue weighted by atomic mass is 16.5. The Morgan fingerprint density at radius 2 is 1.78 bits per heavy atom. The molecule has 0 spiro atoms. The maximum atomic E-state index is 12.8. The van der Waals surface area contributed by atoms with Gasteiger partial charge in [-0.3, -0.25) is 14.7 Å². The lowest BCUT2D eigenvalue weighted by Crippen LogP contribution is -2.48. The van der Waals surface area contributed by atoms with Crippen LogP contribution in [-0.4, -0.2) is 86.0 Å². The average molecular weight is 558 g/mol. The van der Waals surface area contributed by atoms with E-state index in [-0.39, 0.29) is 11.9 Å². The summed E-state index contributed by atoms with van der Waals surface area (Å²) in [6.45, 7) is 3.99. The molecule has 2 aliphatic heterocycles. The first-order chi connectivity index (χ1) is 20.0. The minimum atomic E-state index is -0.0842. The van der Waals surface area contributed by atoms with E-state index in [0.717, 1.165) is 68.9 Å². The number of methoxy groups -OCH3 is 1. The number of rotatable bonds is 10. The Labute approximate surface area is 241 Å². The van der Waals surface area contributed by atoms with E-state index >= 15 is 0 Å². The number of amides is 1. The monoisotopic (exact) mass is 557 g/mol. The van der Waals surface area contributed by atoms with Crippen LogP contribution in [0.5, 0.6) is 5.75 Å². The number of hydrogen-bond donors (Lipinski definition) is 2. The van der Waals surface area contributed by atoms with E-state index in [4.69, 9.17) is 9.72 Å². The number of carbonyl (C=O) groups is 2. The van der Waals surface area contributed by atoms with Gasteiger partial charge in [-0.25, -0.2) is 4.98 Å². The first kappa shape index (κ1) is 28.4. The highest BCUT2D eigenvalue weighted by Crippen LogP contribution is 2.26. The van der Waals surface area contributed by atoms with E-state index in [1.165, 1.54) is 5.69 Å². The van der Waals surface area contributed by atoms with Gasteiger partial charge in [0.15, 0.2) is 5.82 Å². The molecule has 0 saturated carbocycles. The van der Waals surface area contributed by atoms with Gasteiger partial charge in [-0.2, -0.15) is 0 Å². The van der Waals surface area contributed by atoms with Crippen molar-refractivity contribution in [1.29, 1.82) is 0 Å². The van der Waals surface area contributed by atoms with Crippen LogP contribution in [0.4, 0.5) is 23.0 Å². The molecule has 1 amide bonds. The molecule has 0 unspecified atom stereocenters. The second-order valence-corrected chi connectivity index (χ2v) is 10.7. The fourth-order valence-corrected chi connectivity index (χ4v) is 5.62. The van der Waals surface area contributed by atoms with E-state index in [0.29, 0.717) is 30.5 Å². The Balaban J connectivity index is 1.15. The Morgan fingerprint density at radius 1 is 1.02 bits per heavy atom. The van der Waals surface area contributed by atoms with Gasteiger partial charge in [-0.1, -0.05) is 0 Å². The van der Waals surface area contributed by atoms with Gasteiger partial charge in [0, 0.05) is 55.2 Å². The predicted octanol–water partition coefficient (Wildman–Crippen LogP) is 3.73. The number of hydrogen-bond acceptors (Lipinski definition) is 9. The van der Waals surface area contributed by atoms with Crippen molar-refractivity contribution in [1.82, 2.24) is 20.2 Å². The third-order valence-electron chi connectivity index (χ3n) is 8.01. The molecular formula is C31H39N7O3. The van der Waals surface area contributed by atoms with Crippen LogP contribution in [0.2, 0.25) is 0 Å². The van der Waals surface area contributed by atoms with E-state index < -0.39 is 0 Å². The summed E-state index contributed by atoms with van der Waals surface area (Å²) in [6, 6.07) is 16.0. The maximum Gasteiger partial charge on any atom is 0.251 e. The van der Waals surface area contributed by atoms with Gasteiger partial charge in [-0.05, 0) is 81.3 Å². The zero-order chi connectivity index (χ0) is 28.6. The summed E-state index contributed by atoms with van der Waals surface area (Å²) in [7, 11) is 3.64. The molecule has 2 N–H and O–H groups in total. The lowest BCUT2D eigenvalue weighted by molar-refractivity contribution is -0.109. The molecule has 0 radical (unpaired) electrons. The summed E-state index contributed by atoms with van der Waals surface area (Å²) in [5.74, 6) is 2.11. The molecule has 10 heteroatoms. The number of nitrogens with one attached hydrogen (secondary N) is 2. The largest absolute Gasteiger partial charge is 0.497 e. The van der Waals surface area contributed by atoms with Gasteiger partial charge < -0.3 is 30.0 Å². The fourth-order valence-electron chi connectivity index (χ4n) is 5.62. The third kappa shape index (κ3) is 7.32. The fraction of sp³-hybridized carbons (Fsp3) is 0.419. The number of carbonyl (C=O) groups excluding carboxylic acids is 2. The molecule has 2 fully saturated rings. The Kier molecular flexibility index (Phi) is 9.30. The molecule has 41 heavy (non-hydrogen) atoms. The molecule has 3 heterocycles. The van der Waals surface area contributed by atoms with E-state index in [2.05, 4.69) is 54.6 Å². The Bertz CT molecular complexity index is 1290. The number of benzene rings is 2. The summed E-state index contributed by atoms with van der Waals surface area (Å²) in [4.78, 5) is 39.6. The second-order valence-electron chi connectivity index (χ2n) is 10.7. The van der Waals surface area contributed by atoms with Gasteiger partial charge in [0.1, 0.15) is 17.9 Å². The van der Waals surface area contributed by atoms with Crippen molar-refractivity contribution in [2.45, 2.75) is 37.8 Å². The highest BCUT2D eigenvalue weighted by Gasteiger charge is 2.24. The number of nitrogens with zero attached hydrogens (tertiary/aromatic N) is 5. The number of anilines is 4. The quantitative estimate of drug-likeness (QED) is 0.361. The molecule has 2 aliphatic rings. The van der Waals surface area contributed by atoms with Crippen LogP contribution in [0.25, 0.3) is 0 Å². The van der Waals surface area contributed by atoms with Gasteiger partial charge in [0.2, 0.25) is 0 Å². The minimum absolute atomic E-state index is 0.0276. The number of piperidine rings is 2. The van der Waals surface area contributed by atoms with Crippen molar-refractivity contribution in [2.75, 3.05) is 62.0 Å². The lowest BCUT2D eigenvalue weighted by Gasteiger charge is -2.37. The van der Waals surface area contributed by atoms with Crippen LogP contribution in [0, 0.1) is 0 Å². The molecule has 1 atom stereocenters. The van der Waals surface area contributed by atoms with Crippen LogP contribution in [0.3, 0.4) is 0 Å². The molecule has 0 bridgehead atoms. The molecular weight excluding hydrogens is 518 g/mol. The van der Waals surface area contributed by atoms with Crippen molar-refractivity contribution in [3.05, 3.63) is 66.5 Å². The maximum absolute atomic E-state index is 12.8. The van der Waals surface area contributed by atoms with Crippen LogP contribution in [0.1, 0.15) is 36.0 Å². The molecule has 10 nitrogen and oxygen atoms in total. The minimum Gasteiger partial charge on any atom is -0.497 e. The number of likely N-dealkylation sites (N-methyl/N-ethyl adjacent to an activating group) is 1. The lowest BCUT2D eigenvalue weighted by atomic mass is 10.0. The normalized spacial score (nSPS) is 17.8. The summed E-state index contributed by atoms with van der Waals surface area (Å²) in [6.07, 6.45) is 8.46. The topological polar surface area (TPSA) is 103 Å². The van der Waals surface area contributed by atoms with Crippen molar-refractivity contribution >= 4 is 35.2 Å². The molecule has 1 aromatic heterocycles. The van der Waals surface area contributed by atoms with Crippen LogP contribution >= 0.6 is 0 Å². The van der Waals surface area contributed by atoms with Gasteiger partial charge in [-0.15, -0.1) is 0 Å². The smallest absolute Gasteiger partial charge is 0.251 e. The average Bonchev–Trinajstić information content (AvgIpc) is 3.02. The molecule has 216 valence electrons. The van der Waals surface area contributed by atoms with Gasteiger partial charge >= 0.3 is 0 Å². The number of ether oxygens (including phenoxy) is 1. The van der Waals surface area contributed by atoms with E-state index in [9.17, 15) is 9.59 Å². The van der Waals surface area contributed by atoms with Gasteiger partial charge in [0.05, 0.1) is 26.0 Å². The van der Waals surface area contributed by atoms with E-state index in [1.54, 1.807) is 43.8 Å². The standard InChI is InChI=1S/C31H39N7O3/c1-36(18-19-39)26-13-16-37(17-14-26)27-9-7-24(8-10-27)33-29-20-32-21-30(35-29)38-15-3-4-25(22-38)34-31(40)23-5-11-28(41-2)12-6-23/h5-12,19-21,25-26H,3-4,13-18,22H2,1-2H3,(H,33,35)(H,34,40)/t25-/m1/s1. The predicted molar refractivity (Wildman–Crippen MR) is 161 cm³/mol. The van der Waals surface area contributed by atoms with Crippen molar-refractivity contribution in [3.63, 3.8) is 0 Å². The molecule has 2 aromatic carbocycles. The number of aldehydes is 1. The Hall–Kier alpha value is -4.18. The Morgan fingerprint density at radius 3 is 2.49 bits per heavy atom. The summed E-state index contributed by atoms with van der Waals surface area (Å²) >= 11 is 0. The summed E-state index contributed by atoms with van der Waals surface area (Å²) in [5.41, 5.74) is 2.76.